The second-order valence-corrected chi connectivity index (χ2v) is 9.46. The van der Waals surface area contributed by atoms with Gasteiger partial charge in [-0.15, -0.1) is 0 Å². The van der Waals surface area contributed by atoms with E-state index in [4.69, 9.17) is 9.47 Å². The first-order chi connectivity index (χ1) is 15.5. The summed E-state index contributed by atoms with van der Waals surface area (Å²) < 4.78 is 12.1. The van der Waals surface area contributed by atoms with Gasteiger partial charge in [0.25, 0.3) is 11.8 Å². The molecule has 2 aromatic carbocycles. The number of halogens is 1. The predicted octanol–water partition coefficient (Wildman–Crippen LogP) is 5.13. The number of carbonyl (C=O) groups is 2. The van der Waals surface area contributed by atoms with Crippen molar-refractivity contribution in [1.29, 1.82) is 0 Å². The summed E-state index contributed by atoms with van der Waals surface area (Å²) in [6.07, 6.45) is 4.28. The van der Waals surface area contributed by atoms with Crippen molar-refractivity contribution in [1.82, 2.24) is 4.90 Å². The minimum atomic E-state index is -0.243. The van der Waals surface area contributed by atoms with Crippen molar-refractivity contribution in [2.75, 3.05) is 31.6 Å². The highest BCUT2D eigenvalue weighted by Gasteiger charge is 2.22. The van der Waals surface area contributed by atoms with E-state index >= 15 is 0 Å². The maximum absolute atomic E-state index is 12.8. The number of likely N-dealkylation sites (tertiary alicyclic amines) is 1. The van der Waals surface area contributed by atoms with Gasteiger partial charge >= 0.3 is 0 Å². The van der Waals surface area contributed by atoms with Gasteiger partial charge in [0.15, 0.2) is 0 Å². The zero-order valence-corrected chi connectivity index (χ0v) is 19.9. The van der Waals surface area contributed by atoms with Crippen LogP contribution in [0.1, 0.15) is 53.3 Å². The summed E-state index contributed by atoms with van der Waals surface area (Å²) >= 11 is 3.49. The molecule has 0 aliphatic carbocycles. The van der Waals surface area contributed by atoms with Crippen LogP contribution in [-0.4, -0.2) is 49.1 Å². The van der Waals surface area contributed by atoms with E-state index in [1.165, 1.54) is 0 Å². The molecule has 4 rings (SSSR count). The third-order valence-corrected chi connectivity index (χ3v) is 6.70. The van der Waals surface area contributed by atoms with Crippen LogP contribution in [0.3, 0.4) is 0 Å². The van der Waals surface area contributed by atoms with Crippen molar-refractivity contribution in [3.05, 3.63) is 58.1 Å². The average molecular weight is 501 g/mol. The monoisotopic (exact) mass is 500 g/mol. The molecule has 2 amide bonds. The zero-order chi connectivity index (χ0) is 22.5. The fraction of sp³-hybridized carbons (Fsp3) is 0.440. The number of anilines is 1. The van der Waals surface area contributed by atoms with Gasteiger partial charge in [-0.05, 0) is 83.9 Å². The summed E-state index contributed by atoms with van der Waals surface area (Å²) in [4.78, 5) is 27.5. The lowest BCUT2D eigenvalue weighted by Crippen LogP contribution is -2.37. The number of nitrogens with one attached hydrogen (secondary N) is 1. The number of carbonyl (C=O) groups excluding carboxylic acids is 2. The van der Waals surface area contributed by atoms with Crippen LogP contribution in [0.5, 0.6) is 5.75 Å². The molecular formula is C25H29BrN2O4. The van der Waals surface area contributed by atoms with Crippen LogP contribution in [0.2, 0.25) is 0 Å². The van der Waals surface area contributed by atoms with Crippen LogP contribution in [0.25, 0.3) is 0 Å². The number of nitrogens with zero attached hydrogens (tertiary/aromatic N) is 1. The first kappa shape index (κ1) is 22.8. The maximum Gasteiger partial charge on any atom is 0.255 e. The third-order valence-electron chi connectivity index (χ3n) is 6.08. The minimum Gasteiger partial charge on any atom is -0.490 e. The molecule has 2 aromatic rings. The first-order valence-corrected chi connectivity index (χ1v) is 12.0. The quantitative estimate of drug-likeness (QED) is 0.596. The van der Waals surface area contributed by atoms with Crippen LogP contribution in [0, 0.1) is 5.92 Å². The highest BCUT2D eigenvalue weighted by Crippen LogP contribution is 2.28. The van der Waals surface area contributed by atoms with Gasteiger partial charge < -0.3 is 19.7 Å². The van der Waals surface area contributed by atoms with E-state index in [-0.39, 0.29) is 17.9 Å². The maximum atomic E-state index is 12.8. The molecule has 0 spiro atoms. The summed E-state index contributed by atoms with van der Waals surface area (Å²) in [6, 6.07) is 12.4. The Morgan fingerprint density at radius 3 is 2.66 bits per heavy atom. The highest BCUT2D eigenvalue weighted by molar-refractivity contribution is 9.10. The second-order valence-electron chi connectivity index (χ2n) is 8.60. The van der Waals surface area contributed by atoms with Crippen molar-refractivity contribution in [2.45, 2.75) is 38.7 Å². The van der Waals surface area contributed by atoms with E-state index in [1.54, 1.807) is 42.5 Å². The Balaban J connectivity index is 1.37. The van der Waals surface area contributed by atoms with Crippen LogP contribution in [0.15, 0.2) is 46.9 Å². The Labute approximate surface area is 197 Å². The molecule has 2 aliphatic heterocycles. The lowest BCUT2D eigenvalue weighted by atomic mass is 9.98. The van der Waals surface area contributed by atoms with Gasteiger partial charge in [0.05, 0.1) is 10.6 Å². The lowest BCUT2D eigenvalue weighted by Gasteiger charge is -2.30. The van der Waals surface area contributed by atoms with E-state index in [0.717, 1.165) is 45.4 Å². The summed E-state index contributed by atoms with van der Waals surface area (Å²) in [5, 5.41) is 2.90. The third kappa shape index (κ3) is 5.70. The smallest absolute Gasteiger partial charge is 0.255 e. The van der Waals surface area contributed by atoms with Crippen molar-refractivity contribution < 1.29 is 19.1 Å². The minimum absolute atomic E-state index is 0.0171. The van der Waals surface area contributed by atoms with Gasteiger partial charge in [-0.2, -0.15) is 0 Å². The molecule has 2 saturated heterocycles. The predicted molar refractivity (Wildman–Crippen MR) is 127 cm³/mol. The number of hydrogen-bond acceptors (Lipinski definition) is 4. The number of piperidine rings is 1. The van der Waals surface area contributed by atoms with E-state index in [0.29, 0.717) is 39.6 Å². The largest absolute Gasteiger partial charge is 0.490 e. The number of benzene rings is 2. The molecule has 1 unspecified atom stereocenters. The van der Waals surface area contributed by atoms with Crippen molar-refractivity contribution in [3.8, 4) is 5.75 Å². The number of ether oxygens (including phenoxy) is 2. The number of hydrogen-bond donors (Lipinski definition) is 1. The van der Waals surface area contributed by atoms with E-state index in [1.807, 2.05) is 4.90 Å². The van der Waals surface area contributed by atoms with Gasteiger partial charge in [-0.1, -0.05) is 13.0 Å². The van der Waals surface area contributed by atoms with Crippen LogP contribution in [-0.2, 0) is 4.74 Å². The van der Waals surface area contributed by atoms with Crippen molar-refractivity contribution >= 4 is 33.4 Å². The molecule has 2 aliphatic rings. The molecule has 0 aromatic heterocycles. The molecule has 32 heavy (non-hydrogen) atoms. The molecular weight excluding hydrogens is 472 g/mol. The van der Waals surface area contributed by atoms with Gasteiger partial charge in [0.2, 0.25) is 0 Å². The van der Waals surface area contributed by atoms with E-state index in [2.05, 4.69) is 28.2 Å². The summed E-state index contributed by atoms with van der Waals surface area (Å²) in [6.45, 7) is 5.08. The van der Waals surface area contributed by atoms with Crippen molar-refractivity contribution in [2.24, 2.45) is 5.92 Å². The number of amides is 2. The SMILES string of the molecule is CC1CCN(C(=O)c2cccc(NC(=O)c3ccc(OCC4CCCO4)c(Br)c3)c2)CC1. The average Bonchev–Trinajstić information content (AvgIpc) is 3.32. The Kier molecular flexibility index (Phi) is 7.48. The molecule has 170 valence electrons. The molecule has 2 fully saturated rings. The molecule has 0 saturated carbocycles. The fourth-order valence-corrected chi connectivity index (χ4v) is 4.54. The summed E-state index contributed by atoms with van der Waals surface area (Å²) in [5.41, 5.74) is 1.69. The molecule has 1 N–H and O–H groups in total. The van der Waals surface area contributed by atoms with Gasteiger partial charge in [0.1, 0.15) is 12.4 Å². The van der Waals surface area contributed by atoms with Gasteiger partial charge in [0, 0.05) is 36.5 Å². The van der Waals surface area contributed by atoms with Crippen LogP contribution >= 0.6 is 15.9 Å². The Bertz CT molecular complexity index is 966. The highest BCUT2D eigenvalue weighted by atomic mass is 79.9. The van der Waals surface area contributed by atoms with Gasteiger partial charge in [-0.3, -0.25) is 9.59 Å². The fourth-order valence-electron chi connectivity index (χ4n) is 4.05. The first-order valence-electron chi connectivity index (χ1n) is 11.2. The summed E-state index contributed by atoms with van der Waals surface area (Å²) in [5.74, 6) is 1.12. The molecule has 7 heteroatoms. The topological polar surface area (TPSA) is 67.9 Å². The van der Waals surface area contributed by atoms with Crippen LogP contribution < -0.4 is 10.1 Å². The molecule has 2 heterocycles. The Morgan fingerprint density at radius 1 is 1.12 bits per heavy atom. The lowest BCUT2D eigenvalue weighted by molar-refractivity contribution is 0.0676. The zero-order valence-electron chi connectivity index (χ0n) is 18.3. The molecule has 0 bridgehead atoms. The molecule has 1 atom stereocenters. The summed E-state index contributed by atoms with van der Waals surface area (Å²) in [7, 11) is 0. The van der Waals surface area contributed by atoms with Gasteiger partial charge in [-0.25, -0.2) is 0 Å². The van der Waals surface area contributed by atoms with Crippen molar-refractivity contribution in [3.63, 3.8) is 0 Å². The number of rotatable bonds is 6. The Hall–Kier alpha value is -2.38. The van der Waals surface area contributed by atoms with E-state index in [9.17, 15) is 9.59 Å². The molecule has 6 nitrogen and oxygen atoms in total. The molecule has 0 radical (unpaired) electrons. The second kappa shape index (κ2) is 10.5. The van der Waals surface area contributed by atoms with Crippen LogP contribution in [0.4, 0.5) is 5.69 Å². The Morgan fingerprint density at radius 2 is 1.94 bits per heavy atom. The van der Waals surface area contributed by atoms with E-state index < -0.39 is 0 Å². The normalized spacial score (nSPS) is 19.1. The standard InChI is InChI=1S/C25H29BrN2O4/c1-17-9-11-28(12-10-17)25(30)19-4-2-5-20(14-19)27-24(29)18-7-8-23(22(26)15-18)32-16-21-6-3-13-31-21/h2,4-5,7-8,14-15,17,21H,3,6,9-13,16H2,1H3,(H,27,29).